The van der Waals surface area contributed by atoms with Gasteiger partial charge in [0.2, 0.25) is 0 Å². The minimum Gasteiger partial charge on any atom is -0.340 e. The molecule has 184 valence electrons. The van der Waals surface area contributed by atoms with Gasteiger partial charge in [-0.1, -0.05) is 31.0 Å². The lowest BCUT2D eigenvalue weighted by molar-refractivity contribution is 0.101. The molecule has 2 aromatic heterocycles. The number of rotatable bonds is 8. The molecule has 36 heavy (non-hydrogen) atoms. The minimum atomic E-state index is -0.752. The second-order valence-electron chi connectivity index (χ2n) is 8.22. The number of amides is 3. The molecule has 0 fully saturated rings. The third kappa shape index (κ3) is 5.28. The summed E-state index contributed by atoms with van der Waals surface area (Å²) in [4.78, 5) is 39.2. The molecular weight excluding hydrogens is 462 g/mol. The summed E-state index contributed by atoms with van der Waals surface area (Å²) in [6.07, 6.45) is 3.06. The Morgan fingerprint density at radius 1 is 1.14 bits per heavy atom. The van der Waals surface area contributed by atoms with E-state index in [0.29, 0.717) is 34.7 Å². The van der Waals surface area contributed by atoms with Crippen molar-refractivity contribution >= 4 is 34.2 Å². The first-order valence-corrected chi connectivity index (χ1v) is 11.5. The first-order valence-electron chi connectivity index (χ1n) is 11.5. The highest BCUT2D eigenvalue weighted by Gasteiger charge is 2.18. The van der Waals surface area contributed by atoms with E-state index in [0.717, 1.165) is 30.2 Å². The maximum atomic E-state index is 13.2. The van der Waals surface area contributed by atoms with Gasteiger partial charge in [0.15, 0.2) is 5.82 Å². The summed E-state index contributed by atoms with van der Waals surface area (Å²) in [5.41, 5.74) is 2.73. The van der Waals surface area contributed by atoms with Gasteiger partial charge in [0, 0.05) is 30.2 Å². The standard InChI is InChI=1S/C25H25N7O4/c1-3-4-5-10-27-24(34)28-17-8-7-16-12-21(32(2)20(16)13-17)23(33)29-19-9-6-15(14-26)11-18(19)22-30-25(35)36-31-22/h6-9,11-13H,3-5,10H2,1-2H3,(H,29,33)(H2,27,28,34)(H,30,31,35). The molecule has 0 atom stereocenters. The second-order valence-corrected chi connectivity index (χ2v) is 8.22. The zero-order valence-electron chi connectivity index (χ0n) is 19.8. The topological polar surface area (TPSA) is 158 Å². The summed E-state index contributed by atoms with van der Waals surface area (Å²) < 4.78 is 6.29. The summed E-state index contributed by atoms with van der Waals surface area (Å²) >= 11 is 0. The number of aromatic amines is 1. The number of benzene rings is 2. The number of nitrogens with zero attached hydrogens (tertiary/aromatic N) is 3. The van der Waals surface area contributed by atoms with E-state index in [1.54, 1.807) is 41.9 Å². The van der Waals surface area contributed by atoms with Crippen molar-refractivity contribution in [1.29, 1.82) is 5.26 Å². The molecule has 3 amide bonds. The summed E-state index contributed by atoms with van der Waals surface area (Å²) in [7, 11) is 1.75. The maximum absolute atomic E-state index is 13.2. The summed E-state index contributed by atoms with van der Waals surface area (Å²) in [6, 6.07) is 13.5. The number of nitrogens with one attached hydrogen (secondary N) is 4. The number of hydrogen-bond acceptors (Lipinski definition) is 6. The molecule has 0 bridgehead atoms. The Kier molecular flexibility index (Phi) is 7.15. The lowest BCUT2D eigenvalue weighted by Crippen LogP contribution is -2.29. The second kappa shape index (κ2) is 10.6. The lowest BCUT2D eigenvalue weighted by Gasteiger charge is -2.11. The number of fused-ring (bicyclic) bond motifs is 1. The van der Waals surface area contributed by atoms with Gasteiger partial charge in [-0.2, -0.15) is 5.26 Å². The van der Waals surface area contributed by atoms with Gasteiger partial charge in [0.05, 0.1) is 22.8 Å². The van der Waals surface area contributed by atoms with Crippen LogP contribution in [0.4, 0.5) is 16.2 Å². The van der Waals surface area contributed by atoms with Crippen molar-refractivity contribution in [1.82, 2.24) is 20.0 Å². The largest absolute Gasteiger partial charge is 0.439 e. The molecule has 4 rings (SSSR count). The van der Waals surface area contributed by atoms with Crippen molar-refractivity contribution in [3.8, 4) is 17.5 Å². The Labute approximate surface area is 206 Å². The molecular formula is C25H25N7O4. The average molecular weight is 488 g/mol. The number of aromatic nitrogens is 3. The third-order valence-corrected chi connectivity index (χ3v) is 5.69. The molecule has 0 saturated heterocycles. The Morgan fingerprint density at radius 2 is 1.97 bits per heavy atom. The maximum Gasteiger partial charge on any atom is 0.439 e. The molecule has 0 unspecified atom stereocenters. The van der Waals surface area contributed by atoms with Crippen molar-refractivity contribution in [3.63, 3.8) is 0 Å². The van der Waals surface area contributed by atoms with E-state index in [1.807, 2.05) is 12.1 Å². The molecule has 0 aliphatic rings. The van der Waals surface area contributed by atoms with Crippen LogP contribution in [-0.4, -0.2) is 33.2 Å². The number of carbonyl (C=O) groups excluding carboxylic acids is 2. The molecule has 0 aliphatic carbocycles. The zero-order chi connectivity index (χ0) is 25.7. The molecule has 4 aromatic rings. The van der Waals surface area contributed by atoms with Crippen LogP contribution in [0, 0.1) is 11.3 Å². The number of unbranched alkanes of at least 4 members (excludes halogenated alkanes) is 2. The van der Waals surface area contributed by atoms with Crippen molar-refractivity contribution < 1.29 is 14.1 Å². The average Bonchev–Trinajstić information content (AvgIpc) is 3.45. The number of aryl methyl sites for hydroxylation is 1. The van der Waals surface area contributed by atoms with Gasteiger partial charge in [0.1, 0.15) is 5.69 Å². The number of carbonyl (C=O) groups is 2. The van der Waals surface area contributed by atoms with Gasteiger partial charge in [-0.25, -0.2) is 9.59 Å². The highest BCUT2D eigenvalue weighted by Crippen LogP contribution is 2.28. The van der Waals surface area contributed by atoms with Crippen molar-refractivity contribution in [3.05, 3.63) is 64.3 Å². The summed E-state index contributed by atoms with van der Waals surface area (Å²) in [5.74, 6) is -1.07. The van der Waals surface area contributed by atoms with E-state index in [9.17, 15) is 19.6 Å². The van der Waals surface area contributed by atoms with Crippen LogP contribution in [0.25, 0.3) is 22.3 Å². The number of hydrogen-bond donors (Lipinski definition) is 4. The fraction of sp³-hybridized carbons (Fsp3) is 0.240. The molecule has 2 aromatic carbocycles. The van der Waals surface area contributed by atoms with Crippen LogP contribution in [0.3, 0.4) is 0 Å². The predicted molar refractivity (Wildman–Crippen MR) is 135 cm³/mol. The molecule has 0 spiro atoms. The van der Waals surface area contributed by atoms with Gasteiger partial charge in [-0.05, 0) is 42.8 Å². The van der Waals surface area contributed by atoms with E-state index in [1.165, 1.54) is 6.07 Å². The van der Waals surface area contributed by atoms with E-state index in [-0.39, 0.29) is 11.9 Å². The molecule has 2 heterocycles. The number of urea groups is 1. The Morgan fingerprint density at radius 3 is 2.69 bits per heavy atom. The van der Waals surface area contributed by atoms with E-state index < -0.39 is 11.7 Å². The Balaban J connectivity index is 1.55. The monoisotopic (exact) mass is 487 g/mol. The van der Waals surface area contributed by atoms with Crippen LogP contribution in [0.15, 0.2) is 51.8 Å². The third-order valence-electron chi connectivity index (χ3n) is 5.69. The van der Waals surface area contributed by atoms with Crippen LogP contribution in [-0.2, 0) is 7.05 Å². The first kappa shape index (κ1) is 24.3. The predicted octanol–water partition coefficient (Wildman–Crippen LogP) is 3.96. The van der Waals surface area contributed by atoms with Crippen molar-refractivity contribution in [2.75, 3.05) is 17.2 Å². The quantitative estimate of drug-likeness (QED) is 0.275. The Bertz CT molecular complexity index is 1520. The van der Waals surface area contributed by atoms with Crippen LogP contribution >= 0.6 is 0 Å². The van der Waals surface area contributed by atoms with Gasteiger partial charge >= 0.3 is 11.8 Å². The number of H-pyrrole nitrogens is 1. The van der Waals surface area contributed by atoms with E-state index in [4.69, 9.17) is 0 Å². The van der Waals surface area contributed by atoms with Crippen LogP contribution < -0.4 is 21.7 Å². The summed E-state index contributed by atoms with van der Waals surface area (Å²) in [6.45, 7) is 2.71. The van der Waals surface area contributed by atoms with Gasteiger partial charge in [0.25, 0.3) is 5.91 Å². The molecule has 0 saturated carbocycles. The highest BCUT2D eigenvalue weighted by atomic mass is 16.5. The minimum absolute atomic E-state index is 0.0909. The first-order chi connectivity index (χ1) is 17.4. The number of anilines is 2. The molecule has 0 aliphatic heterocycles. The van der Waals surface area contributed by atoms with E-state index in [2.05, 4.69) is 37.5 Å². The van der Waals surface area contributed by atoms with Crippen molar-refractivity contribution in [2.24, 2.45) is 7.05 Å². The van der Waals surface area contributed by atoms with E-state index >= 15 is 0 Å². The fourth-order valence-electron chi connectivity index (χ4n) is 3.83. The fourth-order valence-corrected chi connectivity index (χ4v) is 3.83. The van der Waals surface area contributed by atoms with Gasteiger partial charge in [-0.15, -0.1) is 0 Å². The van der Waals surface area contributed by atoms with Gasteiger partial charge in [-0.3, -0.25) is 14.3 Å². The van der Waals surface area contributed by atoms with Crippen molar-refractivity contribution in [2.45, 2.75) is 26.2 Å². The van der Waals surface area contributed by atoms with Crippen LogP contribution in [0.1, 0.15) is 42.2 Å². The smallest absolute Gasteiger partial charge is 0.340 e. The van der Waals surface area contributed by atoms with Crippen LogP contribution in [0.2, 0.25) is 0 Å². The zero-order valence-corrected chi connectivity index (χ0v) is 19.8. The Hall–Kier alpha value is -4.85. The SMILES string of the molecule is CCCCCNC(=O)Nc1ccc2cc(C(=O)Nc3ccc(C#N)cc3-c3noc(=O)[nH]3)n(C)c2c1. The molecule has 11 heteroatoms. The molecule has 4 N–H and O–H groups in total. The normalized spacial score (nSPS) is 10.7. The van der Waals surface area contributed by atoms with Gasteiger partial charge < -0.3 is 20.5 Å². The lowest BCUT2D eigenvalue weighted by atomic mass is 10.1. The highest BCUT2D eigenvalue weighted by molar-refractivity contribution is 6.08. The number of nitriles is 1. The molecule has 0 radical (unpaired) electrons. The van der Waals surface area contributed by atoms with Crippen LogP contribution in [0.5, 0.6) is 0 Å². The molecule has 11 nitrogen and oxygen atoms in total. The summed E-state index contributed by atoms with van der Waals surface area (Å²) in [5, 5.41) is 22.2.